The van der Waals surface area contributed by atoms with E-state index in [1.165, 1.54) is 0 Å². The van der Waals surface area contributed by atoms with Gasteiger partial charge in [0.1, 0.15) is 11.6 Å². The van der Waals surface area contributed by atoms with Crippen molar-refractivity contribution in [2.45, 2.75) is 12.7 Å². The second-order valence-electron chi connectivity index (χ2n) is 2.68. The summed E-state index contributed by atoms with van der Waals surface area (Å²) in [6.07, 6.45) is -3.49. The lowest BCUT2D eigenvalue weighted by atomic mass is 10.2. The Labute approximate surface area is 87.8 Å². The number of aromatic amines is 1. The molecule has 84 valence electrons. The lowest BCUT2D eigenvalue weighted by Crippen LogP contribution is -2.24. The van der Waals surface area contributed by atoms with Gasteiger partial charge in [0.05, 0.1) is 6.20 Å². The molecule has 1 rings (SSSR count). The van der Waals surface area contributed by atoms with Crippen LogP contribution in [0, 0.1) is 0 Å². The highest BCUT2D eigenvalue weighted by Crippen LogP contribution is 2.29. The van der Waals surface area contributed by atoms with Gasteiger partial charge in [-0.2, -0.15) is 18.3 Å². The van der Waals surface area contributed by atoms with Crippen LogP contribution in [0.4, 0.5) is 13.2 Å². The average Bonchev–Trinajstić information content (AvgIpc) is 2.61. The van der Waals surface area contributed by atoms with Gasteiger partial charge in [0.15, 0.2) is 0 Å². The van der Waals surface area contributed by atoms with E-state index in [1.807, 2.05) is 5.10 Å². The Bertz CT molecular complexity index is 349. The first-order valence-electron chi connectivity index (χ1n) is 3.87. The molecule has 0 fully saturated rings. The molecule has 0 aliphatic heterocycles. The maximum atomic E-state index is 12.3. The molecule has 1 heterocycles. The molecule has 0 atom stereocenters. The number of alkyl halides is 4. The summed E-state index contributed by atoms with van der Waals surface area (Å²) in [6.45, 7) is -0.253. The summed E-state index contributed by atoms with van der Waals surface area (Å²) in [6, 6.07) is 0. The summed E-state index contributed by atoms with van der Waals surface area (Å²) in [5, 5.41) is 7.31. The third-order valence-electron chi connectivity index (χ3n) is 1.60. The molecule has 0 radical (unpaired) electrons. The number of nitrogens with one attached hydrogen (secondary N) is 2. The van der Waals surface area contributed by atoms with E-state index in [0.29, 0.717) is 0 Å². The molecule has 0 aromatic carbocycles. The van der Waals surface area contributed by atoms with Gasteiger partial charge < -0.3 is 5.32 Å². The van der Waals surface area contributed by atoms with Crippen molar-refractivity contribution in [1.29, 1.82) is 0 Å². The summed E-state index contributed by atoms with van der Waals surface area (Å²) in [5.41, 5.74) is -1.08. The van der Waals surface area contributed by atoms with Gasteiger partial charge in [-0.3, -0.25) is 9.89 Å². The Balaban J connectivity index is 2.70. The summed E-state index contributed by atoms with van der Waals surface area (Å²) in [7, 11) is 0. The van der Waals surface area contributed by atoms with Gasteiger partial charge in [0.2, 0.25) is 5.91 Å². The maximum absolute atomic E-state index is 12.3. The maximum Gasteiger partial charge on any atom is 0.433 e. The van der Waals surface area contributed by atoms with E-state index >= 15 is 0 Å². The van der Waals surface area contributed by atoms with Crippen molar-refractivity contribution >= 4 is 17.5 Å². The highest BCUT2D eigenvalue weighted by Gasteiger charge is 2.35. The number of hydrogen-bond acceptors (Lipinski definition) is 2. The Morgan fingerprint density at radius 2 is 2.27 bits per heavy atom. The molecule has 0 spiro atoms. The number of halogens is 4. The molecule has 2 N–H and O–H groups in total. The van der Waals surface area contributed by atoms with E-state index in [-0.39, 0.29) is 18.0 Å². The standard InChI is InChI=1S/C7H7ClF3N3O/c8-1-5(15)12-2-4-3-13-14-6(4)7(9,10)11/h3H,1-2H2,(H,12,15)(H,13,14). The molecule has 0 aliphatic carbocycles. The van der Waals surface area contributed by atoms with E-state index in [4.69, 9.17) is 11.6 Å². The SMILES string of the molecule is O=C(CCl)NCc1cn[nH]c1C(F)(F)F. The van der Waals surface area contributed by atoms with Gasteiger partial charge in [0.25, 0.3) is 0 Å². The van der Waals surface area contributed by atoms with Crippen molar-refractivity contribution < 1.29 is 18.0 Å². The summed E-state index contributed by atoms with van der Waals surface area (Å²) in [5.74, 6) is -0.829. The fourth-order valence-electron chi connectivity index (χ4n) is 0.932. The Hall–Kier alpha value is -1.24. The smallest absolute Gasteiger partial charge is 0.351 e. The van der Waals surface area contributed by atoms with Crippen LogP contribution in [0.15, 0.2) is 6.20 Å². The zero-order valence-corrected chi connectivity index (χ0v) is 8.11. The van der Waals surface area contributed by atoms with Crippen LogP contribution in [0.5, 0.6) is 0 Å². The average molecular weight is 242 g/mol. The first kappa shape index (κ1) is 11.8. The van der Waals surface area contributed by atoms with Crippen LogP contribution in [0.25, 0.3) is 0 Å². The van der Waals surface area contributed by atoms with Gasteiger partial charge >= 0.3 is 6.18 Å². The van der Waals surface area contributed by atoms with E-state index < -0.39 is 17.8 Å². The van der Waals surface area contributed by atoms with Crippen LogP contribution < -0.4 is 5.32 Å². The van der Waals surface area contributed by atoms with Crippen molar-refractivity contribution in [3.05, 3.63) is 17.5 Å². The monoisotopic (exact) mass is 241 g/mol. The van der Waals surface area contributed by atoms with Gasteiger partial charge in [0, 0.05) is 12.1 Å². The highest BCUT2D eigenvalue weighted by atomic mass is 35.5. The minimum absolute atomic E-state index is 0.124. The van der Waals surface area contributed by atoms with E-state index in [2.05, 4.69) is 10.4 Å². The molecule has 8 heteroatoms. The number of aromatic nitrogens is 2. The molecule has 4 nitrogen and oxygen atoms in total. The Kier molecular flexibility index (Phi) is 3.57. The lowest BCUT2D eigenvalue weighted by Gasteiger charge is -2.07. The van der Waals surface area contributed by atoms with Crippen molar-refractivity contribution in [2.24, 2.45) is 0 Å². The van der Waals surface area contributed by atoms with Crippen LogP contribution in [-0.4, -0.2) is 22.0 Å². The molecule has 15 heavy (non-hydrogen) atoms. The minimum atomic E-state index is -4.50. The van der Waals surface area contributed by atoms with Crippen molar-refractivity contribution in [1.82, 2.24) is 15.5 Å². The normalized spacial score (nSPS) is 11.5. The predicted octanol–water partition coefficient (Wildman–Crippen LogP) is 1.28. The molecule has 0 saturated carbocycles. The number of amides is 1. The van der Waals surface area contributed by atoms with E-state index in [9.17, 15) is 18.0 Å². The molecular formula is C7H7ClF3N3O. The summed E-state index contributed by atoms with van der Waals surface area (Å²) < 4.78 is 36.8. The zero-order valence-electron chi connectivity index (χ0n) is 7.36. The van der Waals surface area contributed by atoms with Crippen molar-refractivity contribution in [3.63, 3.8) is 0 Å². The summed E-state index contributed by atoms with van der Waals surface area (Å²) in [4.78, 5) is 10.7. The largest absolute Gasteiger partial charge is 0.433 e. The van der Waals surface area contributed by atoms with Gasteiger partial charge in [-0.25, -0.2) is 0 Å². The Morgan fingerprint density at radius 3 is 2.80 bits per heavy atom. The van der Waals surface area contributed by atoms with Crippen LogP contribution in [0.2, 0.25) is 0 Å². The molecule has 1 amide bonds. The topological polar surface area (TPSA) is 57.8 Å². The molecule has 0 bridgehead atoms. The van der Waals surface area contributed by atoms with Gasteiger partial charge in [-0.1, -0.05) is 0 Å². The first-order chi connectivity index (χ1) is 6.95. The third-order valence-corrected chi connectivity index (χ3v) is 1.84. The number of carbonyl (C=O) groups is 1. The molecule has 0 saturated heterocycles. The van der Waals surface area contributed by atoms with E-state index in [0.717, 1.165) is 6.20 Å². The zero-order chi connectivity index (χ0) is 11.5. The summed E-state index contributed by atoms with van der Waals surface area (Å²) >= 11 is 5.16. The minimum Gasteiger partial charge on any atom is -0.351 e. The van der Waals surface area contributed by atoms with Crippen molar-refractivity contribution in [3.8, 4) is 0 Å². The number of carbonyl (C=O) groups excluding carboxylic acids is 1. The highest BCUT2D eigenvalue weighted by molar-refractivity contribution is 6.27. The first-order valence-corrected chi connectivity index (χ1v) is 4.40. The van der Waals surface area contributed by atoms with Gasteiger partial charge in [-0.15, -0.1) is 11.6 Å². The second-order valence-corrected chi connectivity index (χ2v) is 2.95. The fourth-order valence-corrected chi connectivity index (χ4v) is 1.03. The number of rotatable bonds is 3. The molecule has 1 aromatic rings. The Morgan fingerprint density at radius 1 is 1.60 bits per heavy atom. The van der Waals surface area contributed by atoms with Crippen LogP contribution in [-0.2, 0) is 17.5 Å². The quantitative estimate of drug-likeness (QED) is 0.784. The van der Waals surface area contributed by atoms with E-state index in [1.54, 1.807) is 0 Å². The number of nitrogens with zero attached hydrogens (tertiary/aromatic N) is 1. The molecule has 1 aromatic heterocycles. The second kappa shape index (κ2) is 4.52. The molecule has 0 aliphatic rings. The van der Waals surface area contributed by atoms with Crippen LogP contribution >= 0.6 is 11.6 Å². The number of H-pyrrole nitrogens is 1. The van der Waals surface area contributed by atoms with Gasteiger partial charge in [-0.05, 0) is 0 Å². The van der Waals surface area contributed by atoms with Crippen molar-refractivity contribution in [2.75, 3.05) is 5.88 Å². The molecular weight excluding hydrogens is 235 g/mol. The predicted molar refractivity (Wildman–Crippen MR) is 46.2 cm³/mol. The third kappa shape index (κ3) is 3.12. The molecule has 0 unspecified atom stereocenters. The van der Waals surface area contributed by atoms with Crippen LogP contribution in [0.3, 0.4) is 0 Å². The number of hydrogen-bond donors (Lipinski definition) is 2. The van der Waals surface area contributed by atoms with Crippen LogP contribution in [0.1, 0.15) is 11.3 Å². The lowest BCUT2D eigenvalue weighted by molar-refractivity contribution is -0.142. The fraction of sp³-hybridized carbons (Fsp3) is 0.429.